The van der Waals surface area contributed by atoms with Gasteiger partial charge in [-0.2, -0.15) is 0 Å². The van der Waals surface area contributed by atoms with E-state index in [4.69, 9.17) is 9.47 Å². The van der Waals surface area contributed by atoms with Gasteiger partial charge >= 0.3 is 0 Å². The van der Waals surface area contributed by atoms with Crippen molar-refractivity contribution in [2.45, 2.75) is 83.9 Å². The van der Waals surface area contributed by atoms with Crippen LogP contribution in [0.5, 0.6) is 0 Å². The minimum absolute atomic E-state index is 0.0134. The standard InChI is InChI=1S/C24H34O6/c1-21(2)29-24(30-21)12-23(4)13(9-19(24)28)5-6-14-15-7-8-16(18(27)11-25)22(15,3)10-17(26)20(14)23/h9,14-17,20,25-26H,5-8,10-12H2,1-4H3/t14-,15-,16-,17-,20+,22-,23-/m0/s1. The molecular formula is C24H34O6. The zero-order chi connectivity index (χ0) is 21.7. The lowest BCUT2D eigenvalue weighted by molar-refractivity contribution is -0.482. The highest BCUT2D eigenvalue weighted by molar-refractivity contribution is 5.98. The van der Waals surface area contributed by atoms with Crippen molar-refractivity contribution in [3.8, 4) is 0 Å². The maximum absolute atomic E-state index is 12.9. The molecule has 5 aliphatic rings. The number of fused-ring (bicyclic) bond motifs is 5. The number of ether oxygens (including phenoxy) is 2. The summed E-state index contributed by atoms with van der Waals surface area (Å²) in [6.07, 6.45) is 5.68. The van der Waals surface area contributed by atoms with Gasteiger partial charge in [0, 0.05) is 12.3 Å². The van der Waals surface area contributed by atoms with Crippen molar-refractivity contribution in [3.63, 3.8) is 0 Å². The number of hydrogen-bond acceptors (Lipinski definition) is 6. The Labute approximate surface area is 178 Å². The molecule has 0 unspecified atom stereocenters. The Morgan fingerprint density at radius 2 is 1.87 bits per heavy atom. The van der Waals surface area contributed by atoms with Crippen LogP contribution in [0.2, 0.25) is 0 Å². The molecule has 2 N–H and O–H groups in total. The number of aliphatic hydroxyl groups excluding tert-OH is 2. The first kappa shape index (κ1) is 20.8. The van der Waals surface area contributed by atoms with E-state index in [1.54, 1.807) is 6.08 Å². The smallest absolute Gasteiger partial charge is 0.238 e. The highest BCUT2D eigenvalue weighted by Gasteiger charge is 2.68. The van der Waals surface area contributed by atoms with Crippen molar-refractivity contribution in [2.24, 2.45) is 34.5 Å². The van der Waals surface area contributed by atoms with Crippen LogP contribution in [-0.2, 0) is 19.1 Å². The minimum Gasteiger partial charge on any atom is -0.393 e. The second kappa shape index (κ2) is 6.25. The molecule has 6 heteroatoms. The molecule has 0 amide bonds. The molecule has 0 radical (unpaired) electrons. The van der Waals surface area contributed by atoms with Crippen LogP contribution in [0.3, 0.4) is 0 Å². The van der Waals surface area contributed by atoms with E-state index in [2.05, 4.69) is 13.8 Å². The minimum atomic E-state index is -1.23. The Bertz CT molecular complexity index is 822. The Kier molecular flexibility index (Phi) is 4.33. The molecule has 1 spiro atoms. The summed E-state index contributed by atoms with van der Waals surface area (Å²) in [4.78, 5) is 25.3. The van der Waals surface area contributed by atoms with E-state index in [-0.39, 0.29) is 40.2 Å². The molecule has 5 rings (SSSR count). The first-order valence-electron chi connectivity index (χ1n) is 11.4. The van der Waals surface area contributed by atoms with Gasteiger partial charge in [-0.3, -0.25) is 9.59 Å². The van der Waals surface area contributed by atoms with Crippen LogP contribution >= 0.6 is 0 Å². The van der Waals surface area contributed by atoms with E-state index in [1.807, 2.05) is 13.8 Å². The van der Waals surface area contributed by atoms with Crippen LogP contribution in [0.1, 0.15) is 66.2 Å². The topological polar surface area (TPSA) is 93.1 Å². The Morgan fingerprint density at radius 1 is 1.17 bits per heavy atom. The number of carbonyl (C=O) groups is 2. The second-order valence-corrected chi connectivity index (χ2v) is 11.4. The molecule has 0 bridgehead atoms. The number of ketones is 2. The number of Topliss-reactive ketones (excluding diaryl/α,β-unsaturated/α-hetero) is 1. The number of rotatable bonds is 2. The van der Waals surface area contributed by atoms with E-state index < -0.39 is 24.3 Å². The van der Waals surface area contributed by atoms with Crippen molar-refractivity contribution < 1.29 is 29.3 Å². The second-order valence-electron chi connectivity index (χ2n) is 11.4. The molecule has 0 aromatic carbocycles. The molecule has 0 aromatic rings. The van der Waals surface area contributed by atoms with Crippen molar-refractivity contribution >= 4 is 11.6 Å². The maximum Gasteiger partial charge on any atom is 0.238 e. The normalized spacial score (nSPS) is 48.3. The lowest BCUT2D eigenvalue weighted by atomic mass is 9.45. The van der Waals surface area contributed by atoms with E-state index in [9.17, 15) is 19.8 Å². The number of carbonyl (C=O) groups excluding carboxylic acids is 2. The zero-order valence-electron chi connectivity index (χ0n) is 18.4. The van der Waals surface area contributed by atoms with Gasteiger partial charge in [-0.15, -0.1) is 0 Å². The van der Waals surface area contributed by atoms with E-state index >= 15 is 0 Å². The molecule has 6 nitrogen and oxygen atoms in total. The molecule has 1 aliphatic heterocycles. The summed E-state index contributed by atoms with van der Waals surface area (Å²) < 4.78 is 12.0. The number of aliphatic hydroxyl groups is 2. The third kappa shape index (κ3) is 2.57. The predicted molar refractivity (Wildman–Crippen MR) is 108 cm³/mol. The number of allylic oxidation sites excluding steroid dienone is 1. The quantitative estimate of drug-likeness (QED) is 0.716. The van der Waals surface area contributed by atoms with Crippen LogP contribution in [-0.4, -0.2) is 46.1 Å². The van der Waals surface area contributed by atoms with Gasteiger partial charge in [-0.05, 0) is 80.6 Å². The van der Waals surface area contributed by atoms with Gasteiger partial charge in [-0.25, -0.2) is 0 Å². The summed E-state index contributed by atoms with van der Waals surface area (Å²) in [6.45, 7) is 7.52. The summed E-state index contributed by atoms with van der Waals surface area (Å²) in [6, 6.07) is 0. The Balaban J connectivity index is 1.50. The van der Waals surface area contributed by atoms with Crippen molar-refractivity contribution in [3.05, 3.63) is 11.6 Å². The van der Waals surface area contributed by atoms with Crippen molar-refractivity contribution in [2.75, 3.05) is 6.61 Å². The van der Waals surface area contributed by atoms with Gasteiger partial charge in [0.1, 0.15) is 6.61 Å². The van der Waals surface area contributed by atoms with Crippen LogP contribution in [0.4, 0.5) is 0 Å². The van der Waals surface area contributed by atoms with Gasteiger partial charge in [0.2, 0.25) is 11.6 Å². The van der Waals surface area contributed by atoms with Gasteiger partial charge in [0.05, 0.1) is 6.10 Å². The molecule has 1 saturated heterocycles. The Morgan fingerprint density at radius 3 is 2.50 bits per heavy atom. The largest absolute Gasteiger partial charge is 0.393 e. The molecule has 1 heterocycles. The third-order valence-electron chi connectivity index (χ3n) is 9.31. The summed E-state index contributed by atoms with van der Waals surface area (Å²) in [5.74, 6) is -1.72. The van der Waals surface area contributed by atoms with E-state index in [1.165, 1.54) is 0 Å². The van der Waals surface area contributed by atoms with E-state index in [0.29, 0.717) is 18.8 Å². The lowest BCUT2D eigenvalue weighted by Gasteiger charge is -2.63. The van der Waals surface area contributed by atoms with Crippen LogP contribution in [0.25, 0.3) is 0 Å². The predicted octanol–water partition coefficient (Wildman–Crippen LogP) is 2.76. The average Bonchev–Trinajstić information content (AvgIpc) is 2.97. The summed E-state index contributed by atoms with van der Waals surface area (Å²) in [7, 11) is 0. The SMILES string of the molecule is CC1(C)OC2(C[C@@]3(C)C(=CC2=O)CC[C@@H]2[C@@H]3[C@@H](O)C[C@]3(C)[C@H](C(=O)CO)CC[C@@H]23)O1. The Hall–Kier alpha value is -1.08. The average molecular weight is 419 g/mol. The van der Waals surface area contributed by atoms with Gasteiger partial charge in [0.15, 0.2) is 11.6 Å². The molecule has 30 heavy (non-hydrogen) atoms. The first-order valence-corrected chi connectivity index (χ1v) is 11.4. The van der Waals surface area contributed by atoms with Gasteiger partial charge in [0.25, 0.3) is 0 Å². The first-order chi connectivity index (χ1) is 14.0. The highest BCUT2D eigenvalue weighted by atomic mass is 16.9. The fraction of sp³-hybridized carbons (Fsp3) is 0.833. The molecule has 166 valence electrons. The van der Waals surface area contributed by atoms with Crippen LogP contribution in [0.15, 0.2) is 11.6 Å². The molecule has 0 aromatic heterocycles. The van der Waals surface area contributed by atoms with Crippen molar-refractivity contribution in [1.82, 2.24) is 0 Å². The van der Waals surface area contributed by atoms with E-state index in [0.717, 1.165) is 31.3 Å². The molecule has 7 atom stereocenters. The summed E-state index contributed by atoms with van der Waals surface area (Å²) in [5.41, 5.74) is 0.471. The molecule has 4 fully saturated rings. The summed E-state index contributed by atoms with van der Waals surface area (Å²) in [5, 5.41) is 20.9. The number of hydrogen-bond donors (Lipinski definition) is 2. The fourth-order valence-electron chi connectivity index (χ4n) is 8.39. The van der Waals surface area contributed by atoms with Gasteiger partial charge < -0.3 is 19.7 Å². The maximum atomic E-state index is 12.9. The summed E-state index contributed by atoms with van der Waals surface area (Å²) >= 11 is 0. The fourth-order valence-corrected chi connectivity index (χ4v) is 8.39. The molecule has 3 saturated carbocycles. The third-order valence-corrected chi connectivity index (χ3v) is 9.31. The zero-order valence-corrected chi connectivity index (χ0v) is 18.4. The highest BCUT2D eigenvalue weighted by Crippen LogP contribution is 2.68. The molecular weight excluding hydrogens is 384 g/mol. The van der Waals surface area contributed by atoms with Crippen LogP contribution in [0, 0.1) is 34.5 Å². The monoisotopic (exact) mass is 418 g/mol. The van der Waals surface area contributed by atoms with Crippen LogP contribution < -0.4 is 0 Å². The van der Waals surface area contributed by atoms with Crippen molar-refractivity contribution in [1.29, 1.82) is 0 Å². The molecule has 4 aliphatic carbocycles. The van der Waals surface area contributed by atoms with Gasteiger partial charge in [-0.1, -0.05) is 19.4 Å². The lowest BCUT2D eigenvalue weighted by Crippen LogP contribution is -2.68.